The van der Waals surface area contributed by atoms with Crippen LogP contribution in [0.4, 0.5) is 11.4 Å². The molecule has 0 radical (unpaired) electrons. The van der Waals surface area contributed by atoms with Crippen molar-refractivity contribution in [3.05, 3.63) is 65.8 Å². The summed E-state index contributed by atoms with van der Waals surface area (Å²) in [7, 11) is 0. The summed E-state index contributed by atoms with van der Waals surface area (Å²) < 4.78 is 0. The summed E-state index contributed by atoms with van der Waals surface area (Å²) in [4.78, 5) is 17.6. The van der Waals surface area contributed by atoms with Gasteiger partial charge in [-0.3, -0.25) is 4.79 Å². The number of aromatic amines is 1. The van der Waals surface area contributed by atoms with Crippen LogP contribution < -0.4 is 11.1 Å². The van der Waals surface area contributed by atoms with Crippen molar-refractivity contribution >= 4 is 28.7 Å². The van der Waals surface area contributed by atoms with Crippen LogP contribution in [0.15, 0.2) is 65.8 Å². The lowest BCUT2D eigenvalue weighted by Gasteiger charge is -2.04. The number of carbonyl (C=O) groups is 1. The van der Waals surface area contributed by atoms with Crippen molar-refractivity contribution in [1.29, 1.82) is 0 Å². The van der Waals surface area contributed by atoms with Crippen molar-refractivity contribution in [3.8, 4) is 11.4 Å². The van der Waals surface area contributed by atoms with Crippen molar-refractivity contribution < 1.29 is 4.79 Å². The Morgan fingerprint density at radius 2 is 1.86 bits per heavy atom. The number of nitrogens with zero attached hydrogens (tertiary/aromatic N) is 1. The van der Waals surface area contributed by atoms with E-state index in [-0.39, 0.29) is 0 Å². The molecule has 3 aromatic rings. The lowest BCUT2D eigenvalue weighted by molar-refractivity contribution is -0.104. The number of allylic oxidation sites excluding steroid dienone is 3. The van der Waals surface area contributed by atoms with Gasteiger partial charge in [0.15, 0.2) is 0 Å². The van der Waals surface area contributed by atoms with E-state index < -0.39 is 0 Å². The van der Waals surface area contributed by atoms with Crippen LogP contribution >= 0.6 is 0 Å². The Kier molecular flexibility index (Phi) is 7.57. The third kappa shape index (κ3) is 6.13. The van der Waals surface area contributed by atoms with Crippen LogP contribution in [0, 0.1) is 0 Å². The fourth-order valence-electron chi connectivity index (χ4n) is 2.35. The molecule has 0 amide bonds. The normalized spacial score (nSPS) is 10.8. The number of imidazole rings is 1. The van der Waals surface area contributed by atoms with Crippen molar-refractivity contribution in [2.24, 2.45) is 0 Å². The second-order valence-electron chi connectivity index (χ2n) is 6.75. The van der Waals surface area contributed by atoms with E-state index in [0.717, 1.165) is 52.2 Å². The van der Waals surface area contributed by atoms with Gasteiger partial charge in [-0.25, -0.2) is 4.98 Å². The van der Waals surface area contributed by atoms with Crippen molar-refractivity contribution in [2.45, 2.75) is 27.7 Å². The van der Waals surface area contributed by atoms with E-state index in [1.807, 2.05) is 25.1 Å². The number of hydrogen-bond acceptors (Lipinski definition) is 4. The van der Waals surface area contributed by atoms with Gasteiger partial charge in [0.25, 0.3) is 0 Å². The third-order valence-corrected chi connectivity index (χ3v) is 4.12. The minimum atomic E-state index is 0.738. The van der Waals surface area contributed by atoms with Crippen LogP contribution in [0.1, 0.15) is 27.7 Å². The van der Waals surface area contributed by atoms with E-state index in [9.17, 15) is 4.79 Å². The summed E-state index contributed by atoms with van der Waals surface area (Å²) in [6.07, 6.45) is 4.77. The summed E-state index contributed by atoms with van der Waals surface area (Å²) in [6.45, 7) is 8.64. The fraction of sp³-hybridized carbons (Fsp3) is 0.217. The Bertz CT molecular complexity index is 978. The Balaban J connectivity index is 0.000000409. The number of aldehydes is 1. The highest BCUT2D eigenvalue weighted by molar-refractivity contribution is 5.82. The van der Waals surface area contributed by atoms with Crippen LogP contribution in [0.3, 0.4) is 0 Å². The number of carbonyl (C=O) groups excluding carboxylic acids is 1. The number of benzene rings is 2. The summed E-state index contributed by atoms with van der Waals surface area (Å²) in [5, 5.41) is 3.37. The summed E-state index contributed by atoms with van der Waals surface area (Å²) >= 11 is 0. The predicted octanol–water partition coefficient (Wildman–Crippen LogP) is 5.34. The van der Waals surface area contributed by atoms with Crippen LogP contribution in [-0.2, 0) is 4.79 Å². The maximum Gasteiger partial charge on any atom is 0.145 e. The molecule has 0 aliphatic carbocycles. The zero-order valence-electron chi connectivity index (χ0n) is 16.9. The SMILES string of the molecule is C/C=C(\C)C=O.CC(C)=CCNc1ccc(-c2nc3ccc(N)cc3[nH]2)cc1. The van der Waals surface area contributed by atoms with Crippen LogP contribution in [0.2, 0.25) is 0 Å². The molecule has 0 saturated carbocycles. The minimum Gasteiger partial charge on any atom is -0.399 e. The van der Waals surface area contributed by atoms with Gasteiger partial charge in [0, 0.05) is 23.5 Å². The first kappa shape index (κ1) is 21.0. The molecule has 0 aliphatic rings. The molecule has 0 spiro atoms. The molecule has 146 valence electrons. The van der Waals surface area contributed by atoms with E-state index >= 15 is 0 Å². The molecule has 0 saturated heterocycles. The molecule has 0 atom stereocenters. The maximum atomic E-state index is 9.67. The molecular weight excluding hydrogens is 348 g/mol. The average Bonchev–Trinajstić information content (AvgIpc) is 3.11. The third-order valence-electron chi connectivity index (χ3n) is 4.12. The fourth-order valence-corrected chi connectivity index (χ4v) is 2.35. The number of fused-ring (bicyclic) bond motifs is 1. The molecule has 1 heterocycles. The highest BCUT2D eigenvalue weighted by Crippen LogP contribution is 2.23. The van der Waals surface area contributed by atoms with E-state index in [1.165, 1.54) is 5.57 Å². The standard InChI is InChI=1S/C18H20N4.C5H8O/c1-12(2)9-10-20-15-6-3-13(4-7-15)18-21-16-8-5-14(19)11-17(16)22-18;1-3-5(2)4-6/h3-9,11,20H,10,19H2,1-2H3,(H,21,22);3-4H,1-2H3/b;5-3+. The second-order valence-corrected chi connectivity index (χ2v) is 6.75. The number of rotatable bonds is 5. The van der Waals surface area contributed by atoms with Gasteiger partial charge in [-0.2, -0.15) is 0 Å². The molecule has 5 nitrogen and oxygen atoms in total. The first-order valence-electron chi connectivity index (χ1n) is 9.24. The van der Waals surface area contributed by atoms with Gasteiger partial charge in [-0.15, -0.1) is 0 Å². The largest absolute Gasteiger partial charge is 0.399 e. The van der Waals surface area contributed by atoms with Crippen LogP contribution in [-0.4, -0.2) is 22.8 Å². The first-order chi connectivity index (χ1) is 13.4. The number of nitrogen functional groups attached to an aromatic ring is 1. The topological polar surface area (TPSA) is 83.8 Å². The number of nitrogens with two attached hydrogens (primary N) is 1. The summed E-state index contributed by atoms with van der Waals surface area (Å²) in [6, 6.07) is 14.0. The van der Waals surface area contributed by atoms with Crippen LogP contribution in [0.5, 0.6) is 0 Å². The van der Waals surface area contributed by atoms with Crippen molar-refractivity contribution in [1.82, 2.24) is 9.97 Å². The molecule has 0 aliphatic heterocycles. The molecule has 0 unspecified atom stereocenters. The zero-order chi connectivity index (χ0) is 20.5. The molecule has 0 fully saturated rings. The van der Waals surface area contributed by atoms with Crippen molar-refractivity contribution in [2.75, 3.05) is 17.6 Å². The molecule has 3 rings (SSSR count). The van der Waals surface area contributed by atoms with E-state index in [4.69, 9.17) is 5.73 Å². The van der Waals surface area contributed by atoms with E-state index in [2.05, 4.69) is 59.5 Å². The first-order valence-corrected chi connectivity index (χ1v) is 9.24. The van der Waals surface area contributed by atoms with Crippen LogP contribution in [0.25, 0.3) is 22.4 Å². The molecule has 28 heavy (non-hydrogen) atoms. The lowest BCUT2D eigenvalue weighted by Crippen LogP contribution is -1.98. The highest BCUT2D eigenvalue weighted by atomic mass is 16.1. The summed E-state index contributed by atoms with van der Waals surface area (Å²) in [5.74, 6) is 0.858. The molecule has 4 N–H and O–H groups in total. The van der Waals surface area contributed by atoms with Gasteiger partial charge in [0.05, 0.1) is 11.0 Å². The van der Waals surface area contributed by atoms with Crippen molar-refractivity contribution in [3.63, 3.8) is 0 Å². The molecular formula is C23H28N4O. The molecule has 1 aromatic heterocycles. The summed E-state index contributed by atoms with van der Waals surface area (Å²) in [5.41, 5.74) is 12.7. The van der Waals surface area contributed by atoms with E-state index in [0.29, 0.717) is 0 Å². The number of anilines is 2. The van der Waals surface area contributed by atoms with Gasteiger partial charge in [-0.05, 0) is 75.7 Å². The smallest absolute Gasteiger partial charge is 0.145 e. The Hall–Kier alpha value is -3.34. The van der Waals surface area contributed by atoms with Gasteiger partial charge in [0.1, 0.15) is 12.1 Å². The number of H-pyrrole nitrogens is 1. The molecule has 2 aromatic carbocycles. The van der Waals surface area contributed by atoms with Gasteiger partial charge < -0.3 is 16.0 Å². The Morgan fingerprint density at radius 1 is 1.14 bits per heavy atom. The highest BCUT2D eigenvalue weighted by Gasteiger charge is 2.05. The monoisotopic (exact) mass is 376 g/mol. The van der Waals surface area contributed by atoms with Gasteiger partial charge in [-0.1, -0.05) is 17.7 Å². The number of hydrogen-bond donors (Lipinski definition) is 3. The lowest BCUT2D eigenvalue weighted by atomic mass is 10.2. The number of nitrogens with one attached hydrogen (secondary N) is 2. The maximum absolute atomic E-state index is 9.67. The molecule has 0 bridgehead atoms. The zero-order valence-corrected chi connectivity index (χ0v) is 16.9. The quantitative estimate of drug-likeness (QED) is 0.243. The Morgan fingerprint density at radius 3 is 2.43 bits per heavy atom. The second kappa shape index (κ2) is 10.1. The predicted molar refractivity (Wildman–Crippen MR) is 119 cm³/mol. The average molecular weight is 377 g/mol. The Labute approximate surface area is 166 Å². The minimum absolute atomic E-state index is 0.738. The number of aromatic nitrogens is 2. The molecule has 5 heteroatoms. The van der Waals surface area contributed by atoms with Gasteiger partial charge in [0.2, 0.25) is 0 Å². The van der Waals surface area contributed by atoms with Gasteiger partial charge >= 0.3 is 0 Å². The van der Waals surface area contributed by atoms with E-state index in [1.54, 1.807) is 13.0 Å².